The molecule has 1 aliphatic rings. The molecule has 8 aromatic carbocycles. The lowest BCUT2D eigenvalue weighted by Gasteiger charge is -2.23. The summed E-state index contributed by atoms with van der Waals surface area (Å²) in [5.74, 6) is 0.742. The van der Waals surface area contributed by atoms with Crippen LogP contribution in [0.1, 0.15) is 25.0 Å². The van der Waals surface area contributed by atoms with E-state index in [1.54, 1.807) is 0 Å². The van der Waals surface area contributed by atoms with Gasteiger partial charge in [0, 0.05) is 27.7 Å². The number of aromatic nitrogens is 2. The quantitative estimate of drug-likeness (QED) is 0.177. The van der Waals surface area contributed by atoms with Crippen LogP contribution in [0.5, 0.6) is 0 Å². The summed E-state index contributed by atoms with van der Waals surface area (Å²) >= 11 is 0. The van der Waals surface area contributed by atoms with Gasteiger partial charge in [0.2, 0.25) is 0 Å². The van der Waals surface area contributed by atoms with Gasteiger partial charge in [-0.3, -0.25) is 0 Å². The third kappa shape index (κ3) is 4.64. The van der Waals surface area contributed by atoms with E-state index in [1.165, 1.54) is 60.1 Å². The van der Waals surface area contributed by atoms with Crippen molar-refractivity contribution in [2.24, 2.45) is 0 Å². The minimum atomic E-state index is -0.208. The Kier molecular flexibility index (Phi) is 6.56. The SMILES string of the molecule is CC1(C)c2ccccc2-c2nc(-c3cccc(-c4cccc(-c5ccc6c7ccccc7c7ccccc7c6c5)c4)c3)nc(-c3ccccc3)c21. The summed E-state index contributed by atoms with van der Waals surface area (Å²) in [6.45, 7) is 4.59. The number of rotatable bonds is 4. The van der Waals surface area contributed by atoms with Gasteiger partial charge >= 0.3 is 0 Å². The Bertz CT molecular complexity index is 2790. The molecule has 1 heterocycles. The summed E-state index contributed by atoms with van der Waals surface area (Å²) < 4.78 is 0. The molecule has 1 aliphatic carbocycles. The molecule has 1 aromatic heterocycles. The highest BCUT2D eigenvalue weighted by atomic mass is 14.9. The summed E-state index contributed by atoms with van der Waals surface area (Å²) in [5, 5.41) is 7.73. The molecule has 0 N–H and O–H groups in total. The van der Waals surface area contributed by atoms with E-state index in [-0.39, 0.29) is 5.41 Å². The van der Waals surface area contributed by atoms with Gasteiger partial charge < -0.3 is 0 Å². The van der Waals surface area contributed by atoms with Gasteiger partial charge in [0.25, 0.3) is 0 Å². The topological polar surface area (TPSA) is 25.8 Å². The fourth-order valence-corrected chi connectivity index (χ4v) is 8.35. The van der Waals surface area contributed by atoms with Crippen LogP contribution in [0.2, 0.25) is 0 Å². The Morgan fingerprint density at radius 3 is 1.49 bits per heavy atom. The van der Waals surface area contributed by atoms with E-state index in [9.17, 15) is 0 Å². The van der Waals surface area contributed by atoms with E-state index in [0.29, 0.717) is 0 Å². The van der Waals surface area contributed by atoms with Crippen molar-refractivity contribution in [1.82, 2.24) is 9.97 Å². The molecular weight excluding hydrogens is 617 g/mol. The molecule has 0 unspecified atom stereocenters. The first-order valence-electron chi connectivity index (χ1n) is 17.7. The maximum Gasteiger partial charge on any atom is 0.160 e. The molecule has 10 rings (SSSR count). The highest BCUT2D eigenvalue weighted by Gasteiger charge is 2.39. The third-order valence-corrected chi connectivity index (χ3v) is 10.8. The summed E-state index contributed by atoms with van der Waals surface area (Å²) in [7, 11) is 0. The number of nitrogens with zero attached hydrogens (tertiary/aromatic N) is 2. The normalized spacial score (nSPS) is 13.1. The minimum Gasteiger partial charge on any atom is -0.228 e. The van der Waals surface area contributed by atoms with Crippen LogP contribution in [0.15, 0.2) is 170 Å². The monoisotopic (exact) mass is 650 g/mol. The predicted molar refractivity (Wildman–Crippen MR) is 214 cm³/mol. The summed E-state index contributed by atoms with van der Waals surface area (Å²) in [5.41, 5.74) is 12.3. The van der Waals surface area contributed by atoms with Crippen molar-refractivity contribution < 1.29 is 0 Å². The van der Waals surface area contributed by atoms with Crippen molar-refractivity contribution in [3.05, 3.63) is 181 Å². The van der Waals surface area contributed by atoms with Crippen molar-refractivity contribution in [3.8, 4) is 56.2 Å². The molecule has 51 heavy (non-hydrogen) atoms. The van der Waals surface area contributed by atoms with Crippen LogP contribution in [-0.4, -0.2) is 9.97 Å². The fraction of sp³-hybridized carbons (Fsp3) is 0.0612. The molecule has 240 valence electrons. The molecule has 0 atom stereocenters. The van der Waals surface area contributed by atoms with E-state index >= 15 is 0 Å². The number of hydrogen-bond acceptors (Lipinski definition) is 2. The van der Waals surface area contributed by atoms with E-state index < -0.39 is 0 Å². The van der Waals surface area contributed by atoms with Crippen LogP contribution in [0.3, 0.4) is 0 Å². The zero-order valence-electron chi connectivity index (χ0n) is 28.6. The van der Waals surface area contributed by atoms with E-state index in [1.807, 2.05) is 0 Å². The molecule has 0 radical (unpaired) electrons. The maximum absolute atomic E-state index is 5.33. The molecule has 0 spiro atoms. The average Bonchev–Trinajstić information content (AvgIpc) is 3.44. The van der Waals surface area contributed by atoms with Crippen LogP contribution in [0.25, 0.3) is 88.5 Å². The number of hydrogen-bond donors (Lipinski definition) is 0. The minimum absolute atomic E-state index is 0.208. The van der Waals surface area contributed by atoms with Crippen LogP contribution in [0.4, 0.5) is 0 Å². The van der Waals surface area contributed by atoms with Gasteiger partial charge in [0.15, 0.2) is 5.82 Å². The highest BCUT2D eigenvalue weighted by Crippen LogP contribution is 2.51. The molecular formula is C49H34N2. The predicted octanol–water partition coefficient (Wildman–Crippen LogP) is 12.9. The molecule has 0 amide bonds. The lowest BCUT2D eigenvalue weighted by Crippen LogP contribution is -2.17. The third-order valence-electron chi connectivity index (χ3n) is 10.8. The van der Waals surface area contributed by atoms with Crippen molar-refractivity contribution in [2.75, 3.05) is 0 Å². The van der Waals surface area contributed by atoms with Gasteiger partial charge in [0.1, 0.15) is 0 Å². The highest BCUT2D eigenvalue weighted by molar-refractivity contribution is 6.25. The van der Waals surface area contributed by atoms with Crippen molar-refractivity contribution >= 4 is 32.3 Å². The second kappa shape index (κ2) is 11.3. The molecule has 0 bridgehead atoms. The van der Waals surface area contributed by atoms with Crippen LogP contribution < -0.4 is 0 Å². The molecule has 9 aromatic rings. The maximum atomic E-state index is 5.33. The second-order valence-corrected chi connectivity index (χ2v) is 14.2. The lowest BCUT2D eigenvalue weighted by atomic mass is 9.81. The van der Waals surface area contributed by atoms with Crippen molar-refractivity contribution in [3.63, 3.8) is 0 Å². The van der Waals surface area contributed by atoms with Gasteiger partial charge in [-0.25, -0.2) is 9.97 Å². The van der Waals surface area contributed by atoms with E-state index in [4.69, 9.17) is 9.97 Å². The summed E-state index contributed by atoms with van der Waals surface area (Å²) in [6, 6.07) is 61.2. The van der Waals surface area contributed by atoms with E-state index in [2.05, 4.69) is 184 Å². The van der Waals surface area contributed by atoms with Crippen LogP contribution in [0, 0.1) is 0 Å². The lowest BCUT2D eigenvalue weighted by molar-refractivity contribution is 0.658. The Hall–Kier alpha value is -6.38. The molecule has 2 nitrogen and oxygen atoms in total. The smallest absolute Gasteiger partial charge is 0.160 e. The number of benzene rings is 8. The van der Waals surface area contributed by atoms with Crippen molar-refractivity contribution in [1.29, 1.82) is 0 Å². The average molecular weight is 651 g/mol. The van der Waals surface area contributed by atoms with Gasteiger partial charge in [-0.05, 0) is 78.3 Å². The number of fused-ring (bicyclic) bond motifs is 9. The van der Waals surface area contributed by atoms with Crippen molar-refractivity contribution in [2.45, 2.75) is 19.3 Å². The Morgan fingerprint density at radius 1 is 0.353 bits per heavy atom. The first kappa shape index (κ1) is 29.5. The Morgan fingerprint density at radius 2 is 0.824 bits per heavy atom. The molecule has 0 saturated carbocycles. The van der Waals surface area contributed by atoms with Crippen LogP contribution >= 0.6 is 0 Å². The summed E-state index contributed by atoms with van der Waals surface area (Å²) in [6.07, 6.45) is 0. The zero-order chi connectivity index (χ0) is 34.1. The van der Waals surface area contributed by atoms with Crippen LogP contribution in [-0.2, 0) is 5.41 Å². The standard InChI is InChI=1S/C49H34N2/c1-49(2)44-25-11-10-24-42(44)47-45(49)46(31-14-4-3-5-15-31)50-48(51-47)36-19-13-18-34(29-36)32-16-12-17-33(28-32)35-26-27-41-39-22-7-6-20-37(39)38-21-8-9-23-40(38)43(41)30-35/h3-30H,1-2H3. The van der Waals surface area contributed by atoms with Gasteiger partial charge in [-0.2, -0.15) is 0 Å². The van der Waals surface area contributed by atoms with Gasteiger partial charge in [-0.15, -0.1) is 0 Å². The largest absolute Gasteiger partial charge is 0.228 e. The fourth-order valence-electron chi connectivity index (χ4n) is 8.35. The summed E-state index contributed by atoms with van der Waals surface area (Å²) in [4.78, 5) is 10.6. The molecule has 0 fully saturated rings. The van der Waals surface area contributed by atoms with Gasteiger partial charge in [0.05, 0.1) is 11.4 Å². The zero-order valence-corrected chi connectivity index (χ0v) is 28.6. The second-order valence-electron chi connectivity index (χ2n) is 14.2. The molecule has 2 heteroatoms. The Labute approximate surface area is 297 Å². The molecule has 0 aliphatic heterocycles. The first-order valence-corrected chi connectivity index (χ1v) is 17.7. The Balaban J connectivity index is 1.09. The first-order chi connectivity index (χ1) is 25.0. The molecule has 0 saturated heterocycles. The van der Waals surface area contributed by atoms with Gasteiger partial charge in [-0.1, -0.05) is 166 Å². The van der Waals surface area contributed by atoms with E-state index in [0.717, 1.165) is 39.5 Å².